The van der Waals surface area contributed by atoms with E-state index < -0.39 is 16.0 Å². The standard InChI is InChI=1S/C16H17N3O5S/c1-3-24-16(21)12-4-9-15(17-10-12)19-25(22,23)14-7-5-13(6-8-14)18-11(2)20/h4-10H,3H2,1-2H3,(H,17,19)(H,18,20). The van der Waals surface area contributed by atoms with E-state index in [1.807, 2.05) is 0 Å². The van der Waals surface area contributed by atoms with Gasteiger partial charge in [0.05, 0.1) is 17.1 Å². The molecule has 0 saturated carbocycles. The van der Waals surface area contributed by atoms with Gasteiger partial charge in [-0.2, -0.15) is 0 Å². The number of amides is 1. The fourth-order valence-electron chi connectivity index (χ4n) is 1.91. The summed E-state index contributed by atoms with van der Waals surface area (Å²) in [6.07, 6.45) is 1.23. The summed E-state index contributed by atoms with van der Waals surface area (Å²) in [6, 6.07) is 8.47. The van der Waals surface area contributed by atoms with Crippen LogP contribution in [0.4, 0.5) is 11.5 Å². The molecule has 9 heteroatoms. The molecule has 0 radical (unpaired) electrons. The van der Waals surface area contributed by atoms with E-state index in [1.165, 1.54) is 49.5 Å². The van der Waals surface area contributed by atoms with Crippen LogP contribution in [0.3, 0.4) is 0 Å². The van der Waals surface area contributed by atoms with Crippen molar-refractivity contribution in [3.05, 3.63) is 48.2 Å². The molecule has 0 aliphatic carbocycles. The highest BCUT2D eigenvalue weighted by atomic mass is 32.2. The van der Waals surface area contributed by atoms with Crippen LogP contribution >= 0.6 is 0 Å². The Morgan fingerprint density at radius 2 is 1.80 bits per heavy atom. The van der Waals surface area contributed by atoms with Crippen molar-refractivity contribution >= 4 is 33.4 Å². The second-order valence-electron chi connectivity index (χ2n) is 4.96. The topological polar surface area (TPSA) is 114 Å². The number of rotatable bonds is 6. The Balaban J connectivity index is 2.12. The number of carbonyl (C=O) groups is 2. The molecule has 0 unspecified atom stereocenters. The minimum Gasteiger partial charge on any atom is -0.462 e. The van der Waals surface area contributed by atoms with Gasteiger partial charge in [0, 0.05) is 18.8 Å². The molecule has 0 saturated heterocycles. The molecule has 8 nitrogen and oxygen atoms in total. The largest absolute Gasteiger partial charge is 0.462 e. The fraction of sp³-hybridized carbons (Fsp3) is 0.188. The van der Waals surface area contributed by atoms with Crippen LogP contribution in [0.25, 0.3) is 0 Å². The van der Waals surface area contributed by atoms with Crippen molar-refractivity contribution in [2.75, 3.05) is 16.6 Å². The minimum atomic E-state index is -3.84. The molecule has 2 aromatic rings. The van der Waals surface area contributed by atoms with Crippen molar-refractivity contribution in [1.82, 2.24) is 4.98 Å². The van der Waals surface area contributed by atoms with Crippen LogP contribution in [-0.2, 0) is 19.6 Å². The van der Waals surface area contributed by atoms with Gasteiger partial charge in [0.25, 0.3) is 10.0 Å². The third kappa shape index (κ3) is 5.01. The highest BCUT2D eigenvalue weighted by Crippen LogP contribution is 2.17. The van der Waals surface area contributed by atoms with Crippen molar-refractivity contribution in [2.24, 2.45) is 0 Å². The Hall–Kier alpha value is -2.94. The first-order valence-electron chi connectivity index (χ1n) is 7.35. The maximum Gasteiger partial charge on any atom is 0.339 e. The van der Waals surface area contributed by atoms with E-state index >= 15 is 0 Å². The molecule has 2 rings (SSSR count). The lowest BCUT2D eigenvalue weighted by Crippen LogP contribution is -2.14. The number of esters is 1. The zero-order valence-electron chi connectivity index (χ0n) is 13.6. The van der Waals surface area contributed by atoms with E-state index in [4.69, 9.17) is 4.74 Å². The van der Waals surface area contributed by atoms with E-state index in [0.717, 1.165) is 0 Å². The van der Waals surface area contributed by atoms with Crippen molar-refractivity contribution in [1.29, 1.82) is 0 Å². The Kier molecular flexibility index (Phi) is 5.71. The predicted molar refractivity (Wildman–Crippen MR) is 91.7 cm³/mol. The summed E-state index contributed by atoms with van der Waals surface area (Å²) in [5, 5.41) is 2.55. The Morgan fingerprint density at radius 1 is 1.12 bits per heavy atom. The number of anilines is 2. The zero-order chi connectivity index (χ0) is 18.4. The minimum absolute atomic E-state index is 0.0119. The second kappa shape index (κ2) is 7.75. The number of nitrogens with zero attached hydrogens (tertiary/aromatic N) is 1. The number of aromatic nitrogens is 1. The fourth-order valence-corrected chi connectivity index (χ4v) is 2.92. The first-order valence-corrected chi connectivity index (χ1v) is 8.84. The van der Waals surface area contributed by atoms with Crippen LogP contribution in [0.5, 0.6) is 0 Å². The van der Waals surface area contributed by atoms with Gasteiger partial charge in [-0.25, -0.2) is 18.2 Å². The molecule has 0 bridgehead atoms. The highest BCUT2D eigenvalue weighted by molar-refractivity contribution is 7.92. The number of ether oxygens (including phenoxy) is 1. The van der Waals surface area contributed by atoms with Gasteiger partial charge in [0.1, 0.15) is 5.82 Å². The van der Waals surface area contributed by atoms with Crippen LogP contribution in [0.15, 0.2) is 47.5 Å². The number of hydrogen-bond acceptors (Lipinski definition) is 6. The monoisotopic (exact) mass is 363 g/mol. The zero-order valence-corrected chi connectivity index (χ0v) is 14.5. The average molecular weight is 363 g/mol. The first-order chi connectivity index (χ1) is 11.8. The SMILES string of the molecule is CCOC(=O)c1ccc(NS(=O)(=O)c2ccc(NC(C)=O)cc2)nc1. The van der Waals surface area contributed by atoms with E-state index in [1.54, 1.807) is 6.92 Å². The molecule has 0 atom stereocenters. The smallest absolute Gasteiger partial charge is 0.339 e. The molecule has 0 aliphatic rings. The highest BCUT2D eigenvalue weighted by Gasteiger charge is 2.15. The summed E-state index contributed by atoms with van der Waals surface area (Å²) in [5.41, 5.74) is 0.716. The molecule has 132 valence electrons. The molecule has 25 heavy (non-hydrogen) atoms. The Morgan fingerprint density at radius 3 is 2.32 bits per heavy atom. The predicted octanol–water partition coefficient (Wildman–Crippen LogP) is 2.02. The molecule has 0 aliphatic heterocycles. The van der Waals surface area contributed by atoms with E-state index in [-0.39, 0.29) is 28.8 Å². The molecule has 1 amide bonds. The van der Waals surface area contributed by atoms with Crippen LogP contribution in [0.2, 0.25) is 0 Å². The second-order valence-corrected chi connectivity index (χ2v) is 6.65. The van der Waals surface area contributed by atoms with Crippen LogP contribution in [0, 0.1) is 0 Å². The number of hydrogen-bond donors (Lipinski definition) is 2. The van der Waals surface area contributed by atoms with Crippen molar-refractivity contribution < 1.29 is 22.7 Å². The van der Waals surface area contributed by atoms with Crippen molar-refractivity contribution in [3.8, 4) is 0 Å². The third-order valence-corrected chi connectivity index (χ3v) is 4.37. The maximum absolute atomic E-state index is 12.3. The molecule has 1 aromatic carbocycles. The van der Waals surface area contributed by atoms with E-state index in [2.05, 4.69) is 15.0 Å². The van der Waals surface area contributed by atoms with Gasteiger partial charge >= 0.3 is 5.97 Å². The summed E-state index contributed by atoms with van der Waals surface area (Å²) in [7, 11) is -3.84. The summed E-state index contributed by atoms with van der Waals surface area (Å²) in [5.74, 6) is -0.712. The molecule has 2 N–H and O–H groups in total. The molecule has 0 spiro atoms. The van der Waals surface area contributed by atoms with Crippen LogP contribution in [0.1, 0.15) is 24.2 Å². The number of benzene rings is 1. The van der Waals surface area contributed by atoms with E-state index in [0.29, 0.717) is 5.69 Å². The normalized spacial score (nSPS) is 10.8. The lowest BCUT2D eigenvalue weighted by atomic mass is 10.3. The molecule has 0 fully saturated rings. The average Bonchev–Trinajstić information content (AvgIpc) is 2.55. The van der Waals surface area contributed by atoms with Crippen molar-refractivity contribution in [3.63, 3.8) is 0 Å². The van der Waals surface area contributed by atoms with Gasteiger partial charge in [-0.15, -0.1) is 0 Å². The number of nitrogens with one attached hydrogen (secondary N) is 2. The van der Waals surface area contributed by atoms with Gasteiger partial charge in [-0.1, -0.05) is 0 Å². The van der Waals surface area contributed by atoms with Crippen LogP contribution < -0.4 is 10.0 Å². The quantitative estimate of drug-likeness (QED) is 0.759. The van der Waals surface area contributed by atoms with Crippen molar-refractivity contribution in [2.45, 2.75) is 18.7 Å². The Labute approximate surface area is 145 Å². The summed E-state index contributed by atoms with van der Waals surface area (Å²) in [4.78, 5) is 26.4. The van der Waals surface area contributed by atoms with Gasteiger partial charge in [0.2, 0.25) is 5.91 Å². The van der Waals surface area contributed by atoms with E-state index in [9.17, 15) is 18.0 Å². The molecule has 1 aromatic heterocycles. The lowest BCUT2D eigenvalue weighted by molar-refractivity contribution is -0.114. The lowest BCUT2D eigenvalue weighted by Gasteiger charge is -2.09. The number of pyridine rings is 1. The van der Waals surface area contributed by atoms with Gasteiger partial charge in [0.15, 0.2) is 0 Å². The van der Waals surface area contributed by atoms with Gasteiger partial charge < -0.3 is 10.1 Å². The molecular weight excluding hydrogens is 346 g/mol. The Bertz CT molecular complexity index is 862. The van der Waals surface area contributed by atoms with Gasteiger partial charge in [-0.05, 0) is 43.3 Å². The summed E-state index contributed by atoms with van der Waals surface area (Å²) >= 11 is 0. The molecular formula is C16H17N3O5S. The molecule has 1 heterocycles. The summed E-state index contributed by atoms with van der Waals surface area (Å²) < 4.78 is 31.8. The van der Waals surface area contributed by atoms with Crippen LogP contribution in [-0.4, -0.2) is 31.9 Å². The number of sulfonamides is 1. The third-order valence-electron chi connectivity index (χ3n) is 3.00. The first kappa shape index (κ1) is 18.4. The maximum atomic E-state index is 12.3. The van der Waals surface area contributed by atoms with Gasteiger partial charge in [-0.3, -0.25) is 9.52 Å². The summed E-state index contributed by atoms with van der Waals surface area (Å²) in [6.45, 7) is 3.28. The number of carbonyl (C=O) groups excluding carboxylic acids is 2.